The van der Waals surface area contributed by atoms with E-state index in [4.69, 9.17) is 9.16 Å². The van der Waals surface area contributed by atoms with Gasteiger partial charge in [0.15, 0.2) is 8.32 Å². The Labute approximate surface area is 193 Å². The van der Waals surface area contributed by atoms with Gasteiger partial charge in [-0.2, -0.15) is 0 Å². The molecule has 174 valence electrons. The number of aliphatic hydroxyl groups excluding tert-OH is 1. The van der Waals surface area contributed by atoms with Crippen molar-refractivity contribution in [3.63, 3.8) is 0 Å². The van der Waals surface area contributed by atoms with Gasteiger partial charge in [0.2, 0.25) is 0 Å². The third-order valence-electron chi connectivity index (χ3n) is 6.79. The summed E-state index contributed by atoms with van der Waals surface area (Å²) in [5.41, 5.74) is 1.65. The first-order chi connectivity index (χ1) is 15.0. The molecule has 2 N–H and O–H groups in total. The van der Waals surface area contributed by atoms with E-state index in [0.717, 1.165) is 12.0 Å². The van der Waals surface area contributed by atoms with Crippen LogP contribution in [0.3, 0.4) is 0 Å². The highest BCUT2D eigenvalue weighted by atomic mass is 28.4. The van der Waals surface area contributed by atoms with Gasteiger partial charge in [0.25, 0.3) is 5.91 Å². The molecule has 1 fully saturated rings. The SMILES string of the molecule is CC(C)(C)[Si](C)(C)OC[C@H]1C[C@@H](O)[C@H](NC(=O)c2ccc(OCc3ccccc3)cc2)C1. The van der Waals surface area contributed by atoms with E-state index in [1.807, 2.05) is 30.3 Å². The molecule has 0 heterocycles. The van der Waals surface area contributed by atoms with Crippen LogP contribution < -0.4 is 10.1 Å². The molecule has 5 nitrogen and oxygen atoms in total. The molecule has 2 aromatic carbocycles. The van der Waals surface area contributed by atoms with Gasteiger partial charge in [-0.05, 0) is 66.7 Å². The van der Waals surface area contributed by atoms with Gasteiger partial charge < -0.3 is 19.6 Å². The molecule has 1 saturated carbocycles. The van der Waals surface area contributed by atoms with Crippen molar-refractivity contribution in [3.05, 3.63) is 65.7 Å². The van der Waals surface area contributed by atoms with Crippen molar-refractivity contribution in [1.29, 1.82) is 0 Å². The van der Waals surface area contributed by atoms with Crippen molar-refractivity contribution in [3.8, 4) is 5.75 Å². The number of hydrogen-bond acceptors (Lipinski definition) is 4. The Morgan fingerprint density at radius 1 is 1.06 bits per heavy atom. The van der Waals surface area contributed by atoms with Crippen LogP contribution in [0.2, 0.25) is 18.1 Å². The van der Waals surface area contributed by atoms with Gasteiger partial charge in [-0.1, -0.05) is 51.1 Å². The third kappa shape index (κ3) is 6.44. The molecule has 0 unspecified atom stereocenters. The lowest BCUT2D eigenvalue weighted by Gasteiger charge is -2.37. The fraction of sp³-hybridized carbons (Fsp3) is 0.500. The van der Waals surface area contributed by atoms with Crippen LogP contribution in [0.4, 0.5) is 0 Å². The van der Waals surface area contributed by atoms with Crippen LogP contribution in [-0.2, 0) is 11.0 Å². The van der Waals surface area contributed by atoms with Gasteiger partial charge in [0.05, 0.1) is 12.1 Å². The van der Waals surface area contributed by atoms with E-state index in [2.05, 4.69) is 39.2 Å². The first-order valence-corrected chi connectivity index (χ1v) is 14.4. The maximum atomic E-state index is 12.7. The van der Waals surface area contributed by atoms with Crippen LogP contribution >= 0.6 is 0 Å². The molecule has 0 bridgehead atoms. The topological polar surface area (TPSA) is 67.8 Å². The van der Waals surface area contributed by atoms with Gasteiger partial charge in [0, 0.05) is 12.2 Å². The second-order valence-corrected chi connectivity index (χ2v) is 15.2. The van der Waals surface area contributed by atoms with E-state index in [1.165, 1.54) is 0 Å². The summed E-state index contributed by atoms with van der Waals surface area (Å²) < 4.78 is 12.1. The lowest BCUT2D eigenvalue weighted by molar-refractivity contribution is 0.0872. The predicted octanol–water partition coefficient (Wildman–Crippen LogP) is 5.16. The van der Waals surface area contributed by atoms with Crippen LogP contribution in [0.15, 0.2) is 54.6 Å². The highest BCUT2D eigenvalue weighted by Crippen LogP contribution is 2.38. The highest BCUT2D eigenvalue weighted by molar-refractivity contribution is 6.74. The highest BCUT2D eigenvalue weighted by Gasteiger charge is 2.40. The molecule has 1 aliphatic carbocycles. The van der Waals surface area contributed by atoms with Crippen LogP contribution in [-0.4, -0.2) is 38.1 Å². The number of hydrogen-bond donors (Lipinski definition) is 2. The summed E-state index contributed by atoms with van der Waals surface area (Å²) in [6, 6.07) is 16.8. The molecule has 0 aliphatic heterocycles. The zero-order valence-electron chi connectivity index (χ0n) is 19.9. The summed E-state index contributed by atoms with van der Waals surface area (Å²) in [6.45, 7) is 12.3. The summed E-state index contributed by atoms with van der Waals surface area (Å²) in [5, 5.41) is 13.7. The maximum absolute atomic E-state index is 12.7. The lowest BCUT2D eigenvalue weighted by Crippen LogP contribution is -2.42. The average Bonchev–Trinajstić information content (AvgIpc) is 3.10. The molecule has 3 rings (SSSR count). The smallest absolute Gasteiger partial charge is 0.251 e. The zero-order chi connectivity index (χ0) is 23.4. The van der Waals surface area contributed by atoms with Gasteiger partial charge in [-0.3, -0.25) is 4.79 Å². The largest absolute Gasteiger partial charge is 0.489 e. The van der Waals surface area contributed by atoms with Crippen LogP contribution in [0.25, 0.3) is 0 Å². The Morgan fingerprint density at radius 2 is 1.72 bits per heavy atom. The van der Waals surface area contributed by atoms with Crippen molar-refractivity contribution in [2.45, 2.75) is 70.5 Å². The fourth-order valence-corrected chi connectivity index (χ4v) is 4.73. The number of nitrogens with one attached hydrogen (secondary N) is 1. The van der Waals surface area contributed by atoms with Crippen LogP contribution in [0.1, 0.15) is 49.5 Å². The van der Waals surface area contributed by atoms with Crippen molar-refractivity contribution in [2.24, 2.45) is 5.92 Å². The third-order valence-corrected chi connectivity index (χ3v) is 11.3. The number of rotatable bonds is 8. The Hall–Kier alpha value is -2.15. The monoisotopic (exact) mass is 455 g/mol. The fourth-order valence-electron chi connectivity index (χ4n) is 3.65. The molecule has 2 aromatic rings. The molecule has 0 aromatic heterocycles. The number of benzene rings is 2. The van der Waals surface area contributed by atoms with Crippen molar-refractivity contribution in [1.82, 2.24) is 5.32 Å². The lowest BCUT2D eigenvalue weighted by atomic mass is 10.1. The van der Waals surface area contributed by atoms with E-state index < -0.39 is 14.4 Å². The van der Waals surface area contributed by atoms with Crippen LogP contribution in [0.5, 0.6) is 5.75 Å². The maximum Gasteiger partial charge on any atom is 0.251 e. The Kier molecular flexibility index (Phi) is 7.80. The molecular weight excluding hydrogens is 418 g/mol. The average molecular weight is 456 g/mol. The van der Waals surface area contributed by atoms with Gasteiger partial charge >= 0.3 is 0 Å². The molecule has 32 heavy (non-hydrogen) atoms. The summed E-state index contributed by atoms with van der Waals surface area (Å²) in [4.78, 5) is 12.7. The Balaban J connectivity index is 1.48. The molecular formula is C26H37NO4Si. The normalized spacial score (nSPS) is 21.4. The minimum atomic E-state index is -1.82. The zero-order valence-corrected chi connectivity index (χ0v) is 20.9. The van der Waals surface area contributed by atoms with E-state index in [1.54, 1.807) is 24.3 Å². The second-order valence-electron chi connectivity index (χ2n) is 10.4. The number of carbonyl (C=O) groups excluding carboxylic acids is 1. The van der Waals surface area contributed by atoms with E-state index in [-0.39, 0.29) is 22.9 Å². The first kappa shape index (κ1) is 24.5. The van der Waals surface area contributed by atoms with E-state index in [9.17, 15) is 9.90 Å². The predicted molar refractivity (Wildman–Crippen MR) is 130 cm³/mol. The summed E-state index contributed by atoms with van der Waals surface area (Å²) in [7, 11) is -1.82. The first-order valence-electron chi connectivity index (χ1n) is 11.4. The Bertz CT molecular complexity index is 877. The second kappa shape index (κ2) is 10.2. The summed E-state index contributed by atoms with van der Waals surface area (Å²) >= 11 is 0. The number of amides is 1. The Morgan fingerprint density at radius 3 is 2.34 bits per heavy atom. The summed E-state index contributed by atoms with van der Waals surface area (Å²) in [6.07, 6.45) is 0.853. The van der Waals surface area contributed by atoms with Crippen molar-refractivity contribution < 1.29 is 19.1 Å². The van der Waals surface area contributed by atoms with Crippen molar-refractivity contribution in [2.75, 3.05) is 6.61 Å². The number of aliphatic hydroxyl groups is 1. The van der Waals surface area contributed by atoms with Gasteiger partial charge in [0.1, 0.15) is 12.4 Å². The molecule has 1 aliphatic rings. The molecule has 0 radical (unpaired) electrons. The molecule has 1 amide bonds. The number of carbonyl (C=O) groups is 1. The van der Waals surface area contributed by atoms with Crippen LogP contribution in [0, 0.1) is 5.92 Å². The molecule has 0 spiro atoms. The minimum Gasteiger partial charge on any atom is -0.489 e. The minimum absolute atomic E-state index is 0.162. The van der Waals surface area contributed by atoms with Gasteiger partial charge in [-0.15, -0.1) is 0 Å². The van der Waals surface area contributed by atoms with Gasteiger partial charge in [-0.25, -0.2) is 0 Å². The number of ether oxygens (including phenoxy) is 1. The van der Waals surface area contributed by atoms with E-state index in [0.29, 0.717) is 30.9 Å². The van der Waals surface area contributed by atoms with E-state index >= 15 is 0 Å². The quantitative estimate of drug-likeness (QED) is 0.540. The molecule has 3 atom stereocenters. The standard InChI is InChI=1S/C26H37NO4Si/c1-26(2,3)32(4,5)31-18-20-15-23(24(28)16-20)27-25(29)21-11-13-22(14-12-21)30-17-19-9-7-6-8-10-19/h6-14,20,23-24,28H,15-18H2,1-5H3,(H,27,29)/t20-,23-,24-/m1/s1. The molecule has 6 heteroatoms. The summed E-state index contributed by atoms with van der Waals surface area (Å²) in [5.74, 6) is 0.807. The molecule has 0 saturated heterocycles. The van der Waals surface area contributed by atoms with Crippen molar-refractivity contribution >= 4 is 14.2 Å².